The van der Waals surface area contributed by atoms with Crippen LogP contribution >= 0.6 is 11.6 Å². The molecule has 0 spiro atoms. The number of hydrogen-bond donors (Lipinski definition) is 2. The zero-order valence-electron chi connectivity index (χ0n) is 17.8. The predicted molar refractivity (Wildman–Crippen MR) is 120 cm³/mol. The number of carbonyl (C=O) groups excluding carboxylic acids is 2. The van der Waals surface area contributed by atoms with E-state index in [1.807, 2.05) is 0 Å². The van der Waals surface area contributed by atoms with Gasteiger partial charge in [-0.2, -0.15) is 13.2 Å². The van der Waals surface area contributed by atoms with Gasteiger partial charge >= 0.3 is 12.3 Å². The van der Waals surface area contributed by atoms with Gasteiger partial charge in [0.15, 0.2) is 0 Å². The van der Waals surface area contributed by atoms with E-state index in [4.69, 9.17) is 16.3 Å². The normalized spacial score (nSPS) is 11.0. The molecule has 7 nitrogen and oxygen atoms in total. The molecular weight excluding hydrogens is 475 g/mol. The molecule has 178 valence electrons. The Labute approximate surface area is 197 Å². The lowest BCUT2D eigenvalue weighted by atomic mass is 10.1. The van der Waals surface area contributed by atoms with E-state index < -0.39 is 28.8 Å². The number of nitrogens with zero attached hydrogens (tertiary/aromatic N) is 1. The summed E-state index contributed by atoms with van der Waals surface area (Å²) in [6, 6.07) is 13.3. The van der Waals surface area contributed by atoms with Crippen LogP contribution in [0.15, 0.2) is 60.8 Å². The first-order chi connectivity index (χ1) is 16.1. The minimum atomic E-state index is -4.62. The van der Waals surface area contributed by atoms with Crippen LogP contribution in [0.25, 0.3) is 0 Å². The fourth-order valence-corrected chi connectivity index (χ4v) is 3.13. The van der Waals surface area contributed by atoms with Gasteiger partial charge < -0.3 is 14.8 Å². The lowest BCUT2D eigenvalue weighted by Crippen LogP contribution is -2.14. The van der Waals surface area contributed by atoms with Crippen molar-refractivity contribution in [1.29, 1.82) is 0 Å². The van der Waals surface area contributed by atoms with Crippen LogP contribution in [0.2, 0.25) is 5.02 Å². The van der Waals surface area contributed by atoms with Crippen molar-refractivity contribution in [3.8, 4) is 11.5 Å². The minimum absolute atomic E-state index is 0.00728. The van der Waals surface area contributed by atoms with Gasteiger partial charge in [-0.15, -0.1) is 0 Å². The molecule has 0 bridgehead atoms. The number of pyridine rings is 1. The third kappa shape index (κ3) is 7.11. The molecule has 11 heteroatoms. The third-order valence-electron chi connectivity index (χ3n) is 4.48. The Morgan fingerprint density at radius 1 is 1.03 bits per heavy atom. The van der Waals surface area contributed by atoms with Crippen LogP contribution in [0.5, 0.6) is 11.5 Å². The summed E-state index contributed by atoms with van der Waals surface area (Å²) in [4.78, 5) is 27.5. The van der Waals surface area contributed by atoms with Gasteiger partial charge in [0.05, 0.1) is 17.7 Å². The fraction of sp³-hybridized carbons (Fsp3) is 0.174. The highest BCUT2D eigenvalue weighted by Crippen LogP contribution is 2.36. The maximum Gasteiger partial charge on any atom is 0.417 e. The lowest BCUT2D eigenvalue weighted by molar-refractivity contribution is -0.137. The number of carbonyl (C=O) groups is 2. The molecule has 1 aromatic heterocycles. The highest BCUT2D eigenvalue weighted by Gasteiger charge is 2.33. The number of rotatable bonds is 7. The number of methoxy groups -OCH3 is 1. The van der Waals surface area contributed by atoms with Crippen molar-refractivity contribution in [2.75, 3.05) is 17.7 Å². The Balaban J connectivity index is 1.59. The number of ether oxygens (including phenoxy) is 2. The zero-order chi connectivity index (χ0) is 24.7. The Morgan fingerprint density at radius 3 is 2.53 bits per heavy atom. The van der Waals surface area contributed by atoms with Gasteiger partial charge in [-0.1, -0.05) is 23.7 Å². The Morgan fingerprint density at radius 2 is 1.79 bits per heavy atom. The van der Waals surface area contributed by atoms with Gasteiger partial charge in [0.25, 0.3) is 0 Å². The minimum Gasteiger partial charge on any atom is -0.457 e. The molecule has 1 heterocycles. The molecule has 2 amide bonds. The molecular formula is C23H19ClF3N3O4. The lowest BCUT2D eigenvalue weighted by Gasteiger charge is -2.12. The molecule has 0 fully saturated rings. The van der Waals surface area contributed by atoms with Crippen LogP contribution in [0.3, 0.4) is 0 Å². The smallest absolute Gasteiger partial charge is 0.417 e. The molecule has 3 aromatic rings. The van der Waals surface area contributed by atoms with E-state index >= 15 is 0 Å². The number of alkyl halides is 3. The van der Waals surface area contributed by atoms with Crippen LogP contribution in [0.1, 0.15) is 17.5 Å². The van der Waals surface area contributed by atoms with Gasteiger partial charge in [-0.25, -0.2) is 9.78 Å². The first-order valence-corrected chi connectivity index (χ1v) is 10.3. The maximum atomic E-state index is 13.0. The van der Waals surface area contributed by atoms with Crippen molar-refractivity contribution in [2.45, 2.75) is 19.0 Å². The summed E-state index contributed by atoms with van der Waals surface area (Å²) >= 11 is 5.60. The Hall–Kier alpha value is -3.79. The van der Waals surface area contributed by atoms with Crippen molar-refractivity contribution in [1.82, 2.24) is 4.98 Å². The second kappa shape index (κ2) is 10.9. The highest BCUT2D eigenvalue weighted by atomic mass is 35.5. The summed E-state index contributed by atoms with van der Waals surface area (Å²) in [5, 5.41) is 4.44. The molecule has 0 unspecified atom stereocenters. The molecule has 2 aromatic carbocycles. The number of benzene rings is 2. The molecule has 0 saturated carbocycles. The van der Waals surface area contributed by atoms with Crippen molar-refractivity contribution >= 4 is 35.1 Å². The fourth-order valence-electron chi connectivity index (χ4n) is 2.90. The second-order valence-corrected chi connectivity index (χ2v) is 7.39. The number of amides is 2. The first-order valence-electron chi connectivity index (χ1n) is 9.88. The summed E-state index contributed by atoms with van der Waals surface area (Å²) in [6.45, 7) is 0. The van der Waals surface area contributed by atoms with Crippen LogP contribution in [-0.4, -0.2) is 24.1 Å². The number of aryl methyl sites for hydroxylation is 1. The van der Waals surface area contributed by atoms with Crippen LogP contribution in [-0.2, 0) is 22.1 Å². The third-order valence-corrected chi connectivity index (χ3v) is 4.81. The van der Waals surface area contributed by atoms with E-state index in [0.29, 0.717) is 17.9 Å². The number of nitrogens with one attached hydrogen (secondary N) is 2. The summed E-state index contributed by atoms with van der Waals surface area (Å²) < 4.78 is 49.3. The van der Waals surface area contributed by atoms with Crippen molar-refractivity contribution in [2.24, 2.45) is 0 Å². The average molecular weight is 494 g/mol. The van der Waals surface area contributed by atoms with Crippen molar-refractivity contribution in [3.63, 3.8) is 0 Å². The molecule has 0 atom stereocenters. The second-order valence-electron chi connectivity index (χ2n) is 6.98. The highest BCUT2D eigenvalue weighted by molar-refractivity contribution is 6.31. The van der Waals surface area contributed by atoms with E-state index in [0.717, 1.165) is 17.7 Å². The standard InChI is InChI=1S/C23H19ClF3N3O4/c1-33-22(32)30-20-13-17(9-10-28-20)34-16-4-2-3-14(11-16)5-8-21(31)29-15-6-7-19(24)18(12-15)23(25,26)27/h2-4,6-7,9-13H,5,8H2,1H3,(H,29,31)(H,28,30,32). The van der Waals surface area contributed by atoms with Crippen molar-refractivity contribution in [3.05, 3.63) is 76.9 Å². The predicted octanol–water partition coefficient (Wildman–Crippen LogP) is 6.30. The number of anilines is 2. The van der Waals surface area contributed by atoms with Gasteiger partial charge in [0.1, 0.15) is 17.3 Å². The Bertz CT molecular complexity index is 1190. The number of halogens is 4. The van der Waals surface area contributed by atoms with Crippen molar-refractivity contribution < 1.29 is 32.2 Å². The van der Waals surface area contributed by atoms with Gasteiger partial charge in [-0.3, -0.25) is 10.1 Å². The quantitative estimate of drug-likeness (QED) is 0.403. The first kappa shape index (κ1) is 24.8. The molecule has 0 saturated heterocycles. The van der Waals surface area contributed by atoms with E-state index in [-0.39, 0.29) is 17.9 Å². The monoisotopic (exact) mass is 493 g/mol. The summed E-state index contributed by atoms with van der Waals surface area (Å²) in [5.41, 5.74) is -0.229. The molecule has 2 N–H and O–H groups in total. The van der Waals surface area contributed by atoms with E-state index in [1.54, 1.807) is 30.3 Å². The Kier molecular flexibility index (Phi) is 7.95. The number of hydrogen-bond acceptors (Lipinski definition) is 5. The molecule has 34 heavy (non-hydrogen) atoms. The van der Waals surface area contributed by atoms with Crippen LogP contribution in [0.4, 0.5) is 29.5 Å². The largest absolute Gasteiger partial charge is 0.457 e. The van der Waals surface area contributed by atoms with Crippen LogP contribution in [0, 0.1) is 0 Å². The molecule has 3 rings (SSSR count). The molecule has 0 radical (unpaired) electrons. The van der Waals surface area contributed by atoms with Crippen LogP contribution < -0.4 is 15.4 Å². The van der Waals surface area contributed by atoms with E-state index in [9.17, 15) is 22.8 Å². The van der Waals surface area contributed by atoms with Gasteiger partial charge in [-0.05, 0) is 48.4 Å². The maximum absolute atomic E-state index is 13.0. The van der Waals surface area contributed by atoms with Gasteiger partial charge in [0.2, 0.25) is 5.91 Å². The van der Waals surface area contributed by atoms with E-state index in [2.05, 4.69) is 20.4 Å². The number of aromatic nitrogens is 1. The zero-order valence-corrected chi connectivity index (χ0v) is 18.5. The SMILES string of the molecule is COC(=O)Nc1cc(Oc2cccc(CCC(=O)Nc3ccc(Cl)c(C(F)(F)F)c3)c2)ccn1. The molecule has 0 aliphatic carbocycles. The summed E-state index contributed by atoms with van der Waals surface area (Å²) in [6.07, 6.45) is -3.47. The summed E-state index contributed by atoms with van der Waals surface area (Å²) in [7, 11) is 1.23. The average Bonchev–Trinajstić information content (AvgIpc) is 2.78. The van der Waals surface area contributed by atoms with E-state index in [1.165, 1.54) is 25.4 Å². The molecule has 0 aliphatic rings. The summed E-state index contributed by atoms with van der Waals surface area (Å²) in [5.74, 6) is 0.697. The van der Waals surface area contributed by atoms with Gasteiger partial charge in [0, 0.05) is 24.4 Å². The molecule has 0 aliphatic heterocycles. The topological polar surface area (TPSA) is 89.5 Å².